The molecule has 18 heavy (non-hydrogen) atoms. The van der Waals surface area contributed by atoms with Gasteiger partial charge in [0.15, 0.2) is 0 Å². The lowest BCUT2D eigenvalue weighted by atomic mass is 10.1. The van der Waals surface area contributed by atoms with Crippen LogP contribution in [0, 0.1) is 11.8 Å². The summed E-state index contributed by atoms with van der Waals surface area (Å²) in [5, 5.41) is 4.25. The van der Waals surface area contributed by atoms with Crippen molar-refractivity contribution in [3.8, 4) is 0 Å². The van der Waals surface area contributed by atoms with Crippen molar-refractivity contribution in [2.45, 2.75) is 19.8 Å². The summed E-state index contributed by atoms with van der Waals surface area (Å²) in [4.78, 5) is 14.8. The average Bonchev–Trinajstić information content (AvgIpc) is 2.91. The first-order chi connectivity index (χ1) is 8.74. The van der Waals surface area contributed by atoms with E-state index in [2.05, 4.69) is 41.5 Å². The summed E-state index contributed by atoms with van der Waals surface area (Å²) in [6.07, 6.45) is 3.90. The number of H-pyrrole nitrogens is 1. The Kier molecular flexibility index (Phi) is 2.82. The smallest absolute Gasteiger partial charge is 0.223 e. The largest absolute Gasteiger partial charge is 0.361 e. The van der Waals surface area contributed by atoms with Crippen LogP contribution < -0.4 is 5.32 Å². The van der Waals surface area contributed by atoms with Gasteiger partial charge in [0, 0.05) is 24.2 Å². The molecule has 3 nitrogen and oxygen atoms in total. The highest BCUT2D eigenvalue weighted by Gasteiger charge is 2.38. The van der Waals surface area contributed by atoms with Crippen LogP contribution in [0.15, 0.2) is 30.5 Å². The predicted octanol–water partition coefficient (Wildman–Crippen LogP) is 2.48. The Hall–Kier alpha value is -1.77. The fourth-order valence-electron chi connectivity index (χ4n) is 2.41. The third-order valence-electron chi connectivity index (χ3n) is 3.78. The molecule has 94 valence electrons. The van der Waals surface area contributed by atoms with Crippen molar-refractivity contribution in [1.82, 2.24) is 10.3 Å². The molecule has 1 fully saturated rings. The Morgan fingerprint density at radius 3 is 3.06 bits per heavy atom. The number of fused-ring (bicyclic) bond motifs is 1. The molecule has 3 heteroatoms. The maximum absolute atomic E-state index is 11.7. The van der Waals surface area contributed by atoms with E-state index in [0.717, 1.165) is 24.9 Å². The van der Waals surface area contributed by atoms with E-state index in [1.54, 1.807) is 0 Å². The van der Waals surface area contributed by atoms with Crippen molar-refractivity contribution in [2.75, 3.05) is 6.54 Å². The molecule has 1 aromatic heterocycles. The molecular weight excluding hydrogens is 224 g/mol. The number of carbonyl (C=O) groups is 1. The predicted molar refractivity (Wildman–Crippen MR) is 72.3 cm³/mol. The summed E-state index contributed by atoms with van der Waals surface area (Å²) in [5.41, 5.74) is 2.43. The first-order valence-corrected chi connectivity index (χ1v) is 6.58. The second-order valence-electron chi connectivity index (χ2n) is 5.26. The zero-order chi connectivity index (χ0) is 12.5. The van der Waals surface area contributed by atoms with Gasteiger partial charge in [-0.1, -0.05) is 13.0 Å². The zero-order valence-corrected chi connectivity index (χ0v) is 10.6. The minimum absolute atomic E-state index is 0.227. The third-order valence-corrected chi connectivity index (χ3v) is 3.78. The Morgan fingerprint density at radius 2 is 2.28 bits per heavy atom. The number of hydrogen-bond donors (Lipinski definition) is 2. The highest BCUT2D eigenvalue weighted by molar-refractivity contribution is 5.81. The van der Waals surface area contributed by atoms with Crippen molar-refractivity contribution in [3.05, 3.63) is 36.0 Å². The van der Waals surface area contributed by atoms with Crippen LogP contribution in [0.5, 0.6) is 0 Å². The number of aromatic amines is 1. The second-order valence-corrected chi connectivity index (χ2v) is 5.26. The van der Waals surface area contributed by atoms with Gasteiger partial charge in [0.1, 0.15) is 0 Å². The standard InChI is InChI=1S/C15H18N2O/c1-10-8-13(10)15(18)17-6-4-11-2-3-14-12(9-11)5-7-16-14/h2-3,5,7,9-10,13,16H,4,6,8H2,1H3,(H,17,18). The van der Waals surface area contributed by atoms with Crippen molar-refractivity contribution < 1.29 is 4.79 Å². The number of nitrogens with one attached hydrogen (secondary N) is 2. The second kappa shape index (κ2) is 4.48. The number of carbonyl (C=O) groups excluding carboxylic acids is 1. The molecule has 0 aliphatic heterocycles. The van der Waals surface area contributed by atoms with Crippen LogP contribution in [0.2, 0.25) is 0 Å². The van der Waals surface area contributed by atoms with Crippen molar-refractivity contribution in [3.63, 3.8) is 0 Å². The maximum atomic E-state index is 11.7. The molecule has 0 spiro atoms. The van der Waals surface area contributed by atoms with Gasteiger partial charge in [0.25, 0.3) is 0 Å². The maximum Gasteiger partial charge on any atom is 0.223 e. The molecule has 1 saturated carbocycles. The lowest BCUT2D eigenvalue weighted by Crippen LogP contribution is -2.27. The van der Waals surface area contributed by atoms with Crippen LogP contribution in [-0.4, -0.2) is 17.4 Å². The third kappa shape index (κ3) is 2.26. The molecular formula is C15H18N2O. The van der Waals surface area contributed by atoms with Gasteiger partial charge in [-0.25, -0.2) is 0 Å². The highest BCUT2D eigenvalue weighted by Crippen LogP contribution is 2.37. The molecule has 2 aromatic rings. The Bertz CT molecular complexity index is 573. The van der Waals surface area contributed by atoms with Gasteiger partial charge in [-0.05, 0) is 47.9 Å². The van der Waals surface area contributed by atoms with E-state index >= 15 is 0 Å². The molecule has 1 heterocycles. The van der Waals surface area contributed by atoms with E-state index < -0.39 is 0 Å². The summed E-state index contributed by atoms with van der Waals surface area (Å²) in [6.45, 7) is 2.86. The number of hydrogen-bond acceptors (Lipinski definition) is 1. The number of benzene rings is 1. The van der Waals surface area contributed by atoms with Crippen LogP contribution in [0.1, 0.15) is 18.9 Å². The Balaban J connectivity index is 1.54. The molecule has 1 aliphatic rings. The Morgan fingerprint density at radius 1 is 1.44 bits per heavy atom. The van der Waals surface area contributed by atoms with Crippen molar-refractivity contribution >= 4 is 16.8 Å². The van der Waals surface area contributed by atoms with Gasteiger partial charge in [-0.15, -0.1) is 0 Å². The molecule has 2 atom stereocenters. The van der Waals surface area contributed by atoms with E-state index in [4.69, 9.17) is 0 Å². The zero-order valence-electron chi connectivity index (χ0n) is 10.6. The van der Waals surface area contributed by atoms with Crippen LogP contribution in [0.4, 0.5) is 0 Å². The molecule has 0 saturated heterocycles. The van der Waals surface area contributed by atoms with Gasteiger partial charge in [0.2, 0.25) is 5.91 Å². The van der Waals surface area contributed by atoms with Crippen molar-refractivity contribution in [1.29, 1.82) is 0 Å². The first-order valence-electron chi connectivity index (χ1n) is 6.58. The molecule has 2 unspecified atom stereocenters. The molecule has 1 aromatic carbocycles. The van der Waals surface area contributed by atoms with Gasteiger partial charge >= 0.3 is 0 Å². The minimum atomic E-state index is 0.227. The quantitative estimate of drug-likeness (QED) is 0.850. The SMILES string of the molecule is CC1CC1C(=O)NCCc1ccc2[nH]ccc2c1. The van der Waals surface area contributed by atoms with Crippen molar-refractivity contribution in [2.24, 2.45) is 11.8 Å². The first kappa shape index (κ1) is 11.3. The summed E-state index contributed by atoms with van der Waals surface area (Å²) in [5.74, 6) is 1.09. The molecule has 1 amide bonds. The summed E-state index contributed by atoms with van der Waals surface area (Å²) >= 11 is 0. The average molecular weight is 242 g/mol. The van der Waals surface area contributed by atoms with E-state index in [1.165, 1.54) is 10.9 Å². The summed E-state index contributed by atoms with van der Waals surface area (Å²) in [6, 6.07) is 8.46. The van der Waals surface area contributed by atoms with Gasteiger partial charge in [0.05, 0.1) is 0 Å². The molecule has 0 radical (unpaired) electrons. The summed E-state index contributed by atoms with van der Waals surface area (Å²) in [7, 11) is 0. The van der Waals surface area contributed by atoms with Gasteiger partial charge < -0.3 is 10.3 Å². The summed E-state index contributed by atoms with van der Waals surface area (Å²) < 4.78 is 0. The lowest BCUT2D eigenvalue weighted by molar-refractivity contribution is -0.122. The molecule has 1 aliphatic carbocycles. The normalized spacial score (nSPS) is 22.1. The van der Waals surface area contributed by atoms with Crippen LogP contribution in [0.25, 0.3) is 10.9 Å². The lowest BCUT2D eigenvalue weighted by Gasteiger charge is -2.05. The number of aromatic nitrogens is 1. The van der Waals surface area contributed by atoms with E-state index in [9.17, 15) is 4.79 Å². The Labute approximate surface area is 107 Å². The van der Waals surface area contributed by atoms with E-state index in [0.29, 0.717) is 5.92 Å². The van der Waals surface area contributed by atoms with Gasteiger partial charge in [-0.2, -0.15) is 0 Å². The van der Waals surface area contributed by atoms with Crippen LogP contribution in [0.3, 0.4) is 0 Å². The van der Waals surface area contributed by atoms with Crippen LogP contribution in [-0.2, 0) is 11.2 Å². The van der Waals surface area contributed by atoms with E-state index in [1.807, 2.05) is 6.20 Å². The molecule has 3 rings (SSSR count). The molecule has 2 N–H and O–H groups in total. The number of amides is 1. The number of rotatable bonds is 4. The minimum Gasteiger partial charge on any atom is -0.361 e. The monoisotopic (exact) mass is 242 g/mol. The van der Waals surface area contributed by atoms with Gasteiger partial charge in [-0.3, -0.25) is 4.79 Å². The molecule has 0 bridgehead atoms. The van der Waals surface area contributed by atoms with E-state index in [-0.39, 0.29) is 11.8 Å². The fraction of sp³-hybridized carbons (Fsp3) is 0.400. The topological polar surface area (TPSA) is 44.9 Å². The van der Waals surface area contributed by atoms with Crippen LogP contribution >= 0.6 is 0 Å². The fourth-order valence-corrected chi connectivity index (χ4v) is 2.41. The highest BCUT2D eigenvalue weighted by atomic mass is 16.2.